The molecular weight excluding hydrogens is 238 g/mol. The molecule has 0 aliphatic heterocycles. The molecule has 94 valence electrons. The Morgan fingerprint density at radius 2 is 1.78 bits per heavy atom. The van der Waals surface area contributed by atoms with E-state index in [1.807, 2.05) is 24.3 Å². The van der Waals surface area contributed by atoms with Crippen LogP contribution in [0.25, 0.3) is 10.8 Å². The third kappa shape index (κ3) is 2.71. The van der Waals surface area contributed by atoms with Gasteiger partial charge in [-0.3, -0.25) is 4.79 Å². The predicted octanol–water partition coefficient (Wildman–Crippen LogP) is 3.10. The van der Waals surface area contributed by atoms with Crippen LogP contribution in [0, 0.1) is 0 Å². The molecule has 2 rings (SSSR count). The number of halogens is 2. The Kier molecular flexibility index (Phi) is 3.67. The van der Waals surface area contributed by atoms with E-state index in [4.69, 9.17) is 0 Å². The normalized spacial score (nSPS) is 12.9. The van der Waals surface area contributed by atoms with E-state index in [9.17, 15) is 18.7 Å². The van der Waals surface area contributed by atoms with Crippen LogP contribution >= 0.6 is 0 Å². The summed E-state index contributed by atoms with van der Waals surface area (Å²) in [6.45, 7) is 0. The summed E-state index contributed by atoms with van der Waals surface area (Å²) in [5.74, 6) is -1.24. The van der Waals surface area contributed by atoms with Crippen molar-refractivity contribution < 1.29 is 18.7 Å². The molecule has 0 heterocycles. The summed E-state index contributed by atoms with van der Waals surface area (Å²) in [6.07, 6.45) is -4.77. The summed E-state index contributed by atoms with van der Waals surface area (Å²) in [5, 5.41) is 11.6. The largest absolute Gasteiger partial charge is 0.388 e. The fraction of sp³-hybridized carbons (Fsp3) is 0.214. The van der Waals surface area contributed by atoms with E-state index < -0.39 is 24.7 Å². The Morgan fingerprint density at radius 3 is 2.44 bits per heavy atom. The molecule has 1 atom stereocenters. The van der Waals surface area contributed by atoms with E-state index in [1.165, 1.54) is 0 Å². The van der Waals surface area contributed by atoms with E-state index in [2.05, 4.69) is 0 Å². The van der Waals surface area contributed by atoms with Gasteiger partial charge in [-0.25, -0.2) is 8.78 Å². The van der Waals surface area contributed by atoms with Gasteiger partial charge in [0.2, 0.25) is 5.78 Å². The maximum absolute atomic E-state index is 12.1. The highest BCUT2D eigenvalue weighted by Crippen LogP contribution is 2.23. The molecule has 0 aliphatic rings. The molecule has 1 N–H and O–H groups in total. The Labute approximate surface area is 103 Å². The first-order valence-electron chi connectivity index (χ1n) is 5.55. The van der Waals surface area contributed by atoms with Crippen molar-refractivity contribution in [3.05, 3.63) is 48.0 Å². The molecule has 18 heavy (non-hydrogen) atoms. The Bertz CT molecular complexity index is 566. The second-order valence-corrected chi connectivity index (χ2v) is 4.09. The zero-order valence-corrected chi connectivity index (χ0v) is 9.51. The average Bonchev–Trinajstić information content (AvgIpc) is 2.37. The summed E-state index contributed by atoms with van der Waals surface area (Å²) >= 11 is 0. The van der Waals surface area contributed by atoms with Crippen molar-refractivity contribution in [3.63, 3.8) is 0 Å². The van der Waals surface area contributed by atoms with Crippen molar-refractivity contribution in [2.45, 2.75) is 19.0 Å². The molecule has 0 saturated heterocycles. The summed E-state index contributed by atoms with van der Waals surface area (Å²) < 4.78 is 24.2. The van der Waals surface area contributed by atoms with Crippen LogP contribution in [-0.2, 0) is 4.79 Å². The van der Waals surface area contributed by atoms with Crippen LogP contribution in [0.4, 0.5) is 8.78 Å². The van der Waals surface area contributed by atoms with Crippen molar-refractivity contribution in [2.24, 2.45) is 0 Å². The maximum Gasteiger partial charge on any atom is 0.296 e. The molecule has 0 bridgehead atoms. The number of carbonyl (C=O) groups excluding carboxylic acids is 1. The van der Waals surface area contributed by atoms with Gasteiger partial charge in [0.1, 0.15) is 0 Å². The lowest BCUT2D eigenvalue weighted by Crippen LogP contribution is -2.14. The third-order valence-electron chi connectivity index (χ3n) is 2.80. The zero-order chi connectivity index (χ0) is 13.1. The highest BCUT2D eigenvalue weighted by molar-refractivity contribution is 5.84. The molecule has 4 heteroatoms. The standard InChI is InChI=1S/C14H12F2O2/c15-14(16)13(18)8-12(17)11-6-5-9-3-1-2-4-10(9)7-11/h1-7,12,14,17H,8H2. The zero-order valence-electron chi connectivity index (χ0n) is 9.51. The summed E-state index contributed by atoms with van der Waals surface area (Å²) in [6, 6.07) is 12.7. The minimum Gasteiger partial charge on any atom is -0.388 e. The summed E-state index contributed by atoms with van der Waals surface area (Å²) in [7, 11) is 0. The minimum atomic E-state index is -3.03. The molecule has 2 aromatic rings. The Hall–Kier alpha value is -1.81. The third-order valence-corrected chi connectivity index (χ3v) is 2.80. The van der Waals surface area contributed by atoms with Crippen molar-refractivity contribution in [1.82, 2.24) is 0 Å². The number of hydrogen-bond acceptors (Lipinski definition) is 2. The fourth-order valence-corrected chi connectivity index (χ4v) is 1.81. The first-order valence-corrected chi connectivity index (χ1v) is 5.55. The van der Waals surface area contributed by atoms with Crippen LogP contribution in [0.5, 0.6) is 0 Å². The van der Waals surface area contributed by atoms with E-state index >= 15 is 0 Å². The monoisotopic (exact) mass is 250 g/mol. The number of fused-ring (bicyclic) bond motifs is 1. The number of ketones is 1. The van der Waals surface area contributed by atoms with E-state index in [0.29, 0.717) is 5.56 Å². The van der Waals surface area contributed by atoms with Crippen LogP contribution in [0.15, 0.2) is 42.5 Å². The molecule has 0 amide bonds. The van der Waals surface area contributed by atoms with E-state index in [0.717, 1.165) is 10.8 Å². The van der Waals surface area contributed by atoms with Crippen molar-refractivity contribution in [2.75, 3.05) is 0 Å². The van der Waals surface area contributed by atoms with Crippen LogP contribution in [-0.4, -0.2) is 17.3 Å². The van der Waals surface area contributed by atoms with Crippen molar-refractivity contribution in [1.29, 1.82) is 0 Å². The lowest BCUT2D eigenvalue weighted by atomic mass is 10.0. The SMILES string of the molecule is O=C(CC(O)c1ccc2ccccc2c1)C(F)F. The lowest BCUT2D eigenvalue weighted by molar-refractivity contribution is -0.131. The first-order chi connectivity index (χ1) is 8.58. The van der Waals surface area contributed by atoms with Crippen LogP contribution in [0.3, 0.4) is 0 Å². The van der Waals surface area contributed by atoms with Gasteiger partial charge in [-0.05, 0) is 22.4 Å². The topological polar surface area (TPSA) is 37.3 Å². The number of carbonyl (C=O) groups is 1. The molecule has 0 aromatic heterocycles. The summed E-state index contributed by atoms with van der Waals surface area (Å²) in [4.78, 5) is 10.9. The quantitative estimate of drug-likeness (QED) is 0.905. The van der Waals surface area contributed by atoms with Gasteiger partial charge < -0.3 is 5.11 Å². The van der Waals surface area contributed by atoms with Crippen LogP contribution < -0.4 is 0 Å². The second-order valence-electron chi connectivity index (χ2n) is 4.09. The Balaban J connectivity index is 2.22. The van der Waals surface area contributed by atoms with Gasteiger partial charge in [-0.15, -0.1) is 0 Å². The molecule has 0 saturated carbocycles. The van der Waals surface area contributed by atoms with Gasteiger partial charge in [0.05, 0.1) is 6.10 Å². The number of alkyl halides is 2. The number of aliphatic hydroxyl groups excluding tert-OH is 1. The molecule has 0 aliphatic carbocycles. The fourth-order valence-electron chi connectivity index (χ4n) is 1.81. The van der Waals surface area contributed by atoms with Crippen LogP contribution in [0.1, 0.15) is 18.1 Å². The molecular formula is C14H12F2O2. The predicted molar refractivity (Wildman–Crippen MR) is 64.5 cm³/mol. The smallest absolute Gasteiger partial charge is 0.296 e. The van der Waals surface area contributed by atoms with Gasteiger partial charge in [-0.1, -0.05) is 36.4 Å². The van der Waals surface area contributed by atoms with E-state index in [1.54, 1.807) is 18.2 Å². The van der Waals surface area contributed by atoms with Gasteiger partial charge in [0.25, 0.3) is 6.43 Å². The van der Waals surface area contributed by atoms with Gasteiger partial charge in [0, 0.05) is 6.42 Å². The molecule has 0 radical (unpaired) electrons. The number of rotatable bonds is 4. The van der Waals surface area contributed by atoms with Gasteiger partial charge >= 0.3 is 0 Å². The number of Topliss-reactive ketones (excluding diaryl/α,β-unsaturated/α-hetero) is 1. The molecule has 1 unspecified atom stereocenters. The number of hydrogen-bond donors (Lipinski definition) is 1. The molecule has 0 fully saturated rings. The van der Waals surface area contributed by atoms with Gasteiger partial charge in [0.15, 0.2) is 0 Å². The Morgan fingerprint density at radius 1 is 1.11 bits per heavy atom. The number of aliphatic hydroxyl groups is 1. The minimum absolute atomic E-state index is 0.475. The number of benzene rings is 2. The van der Waals surface area contributed by atoms with Crippen molar-refractivity contribution in [3.8, 4) is 0 Å². The lowest BCUT2D eigenvalue weighted by Gasteiger charge is -2.10. The average molecular weight is 250 g/mol. The highest BCUT2D eigenvalue weighted by atomic mass is 19.3. The van der Waals surface area contributed by atoms with Gasteiger partial charge in [-0.2, -0.15) is 0 Å². The highest BCUT2D eigenvalue weighted by Gasteiger charge is 2.20. The van der Waals surface area contributed by atoms with Crippen molar-refractivity contribution >= 4 is 16.6 Å². The maximum atomic E-state index is 12.1. The molecule has 2 nitrogen and oxygen atoms in total. The second kappa shape index (κ2) is 5.23. The van der Waals surface area contributed by atoms with E-state index in [-0.39, 0.29) is 0 Å². The summed E-state index contributed by atoms with van der Waals surface area (Å²) in [5.41, 5.74) is 0.475. The van der Waals surface area contributed by atoms with Crippen LogP contribution in [0.2, 0.25) is 0 Å². The first kappa shape index (κ1) is 12.6. The molecule has 2 aromatic carbocycles. The molecule has 0 spiro atoms.